The molecular weight excluding hydrogens is 242 g/mol. The molecule has 5 nitrogen and oxygen atoms in total. The number of hydrogen-bond donors (Lipinski definition) is 1. The van der Waals surface area contributed by atoms with Gasteiger partial charge in [0.1, 0.15) is 0 Å². The molecule has 0 bridgehead atoms. The second-order valence-corrected chi connectivity index (χ2v) is 5.56. The van der Waals surface area contributed by atoms with E-state index in [0.29, 0.717) is 38.5 Å². The van der Waals surface area contributed by atoms with E-state index < -0.39 is 11.4 Å². The van der Waals surface area contributed by atoms with Crippen LogP contribution in [0.15, 0.2) is 0 Å². The minimum absolute atomic E-state index is 0.0347. The molecule has 1 N–H and O–H groups in total. The number of carbonyl (C=O) groups excluding carboxylic acids is 1. The maximum absolute atomic E-state index is 11.8. The lowest BCUT2D eigenvalue weighted by Crippen LogP contribution is -2.45. The van der Waals surface area contributed by atoms with Gasteiger partial charge in [-0.25, -0.2) is 0 Å². The van der Waals surface area contributed by atoms with Crippen molar-refractivity contribution in [3.8, 4) is 0 Å². The lowest BCUT2D eigenvalue weighted by Gasteiger charge is -2.33. The lowest BCUT2D eigenvalue weighted by atomic mass is 9.74. The number of thioether (sulfide) groups is 1. The zero-order valence-corrected chi connectivity index (χ0v) is 10.7. The van der Waals surface area contributed by atoms with Crippen molar-refractivity contribution in [2.75, 3.05) is 38.3 Å². The lowest BCUT2D eigenvalue weighted by molar-refractivity contribution is -0.157. The van der Waals surface area contributed by atoms with E-state index >= 15 is 0 Å². The summed E-state index contributed by atoms with van der Waals surface area (Å²) in [4.78, 5) is 25.0. The van der Waals surface area contributed by atoms with Crippen molar-refractivity contribution in [2.45, 2.75) is 6.42 Å². The van der Waals surface area contributed by atoms with Crippen LogP contribution >= 0.6 is 11.8 Å². The van der Waals surface area contributed by atoms with Gasteiger partial charge in [-0.05, 0) is 12.7 Å². The SMILES string of the molecule is CSCC(=O)N1C[C@H]2COCC[C@@]2(C(=O)O)C1. The van der Waals surface area contributed by atoms with Crippen molar-refractivity contribution in [3.05, 3.63) is 0 Å². The van der Waals surface area contributed by atoms with E-state index in [1.165, 1.54) is 11.8 Å². The Hall–Kier alpha value is -0.750. The highest BCUT2D eigenvalue weighted by Gasteiger charge is 2.54. The second kappa shape index (κ2) is 4.86. The Kier molecular flexibility index (Phi) is 3.63. The molecule has 6 heteroatoms. The van der Waals surface area contributed by atoms with E-state index in [-0.39, 0.29) is 11.8 Å². The Morgan fingerprint density at radius 2 is 2.35 bits per heavy atom. The van der Waals surface area contributed by atoms with Crippen molar-refractivity contribution in [1.29, 1.82) is 0 Å². The number of amides is 1. The van der Waals surface area contributed by atoms with Crippen LogP contribution in [0.5, 0.6) is 0 Å². The van der Waals surface area contributed by atoms with Gasteiger partial charge in [0.2, 0.25) is 5.91 Å². The van der Waals surface area contributed by atoms with Crippen LogP contribution in [0, 0.1) is 11.3 Å². The largest absolute Gasteiger partial charge is 0.481 e. The third-order valence-electron chi connectivity index (χ3n) is 3.75. The van der Waals surface area contributed by atoms with E-state index in [2.05, 4.69) is 0 Å². The Labute approximate surface area is 104 Å². The van der Waals surface area contributed by atoms with E-state index in [4.69, 9.17) is 4.74 Å². The van der Waals surface area contributed by atoms with Gasteiger partial charge in [-0.2, -0.15) is 11.8 Å². The van der Waals surface area contributed by atoms with Gasteiger partial charge in [-0.3, -0.25) is 9.59 Å². The van der Waals surface area contributed by atoms with E-state index in [1.807, 2.05) is 6.26 Å². The Morgan fingerprint density at radius 1 is 1.59 bits per heavy atom. The van der Waals surface area contributed by atoms with Gasteiger partial charge in [0.25, 0.3) is 0 Å². The highest BCUT2D eigenvalue weighted by molar-refractivity contribution is 7.99. The molecule has 0 spiro atoms. The number of carboxylic acids is 1. The monoisotopic (exact) mass is 259 g/mol. The van der Waals surface area contributed by atoms with Crippen LogP contribution in [0.25, 0.3) is 0 Å². The summed E-state index contributed by atoms with van der Waals surface area (Å²) in [7, 11) is 0. The summed E-state index contributed by atoms with van der Waals surface area (Å²) in [6.45, 7) is 1.80. The fourth-order valence-electron chi connectivity index (χ4n) is 2.70. The third-order valence-corrected chi connectivity index (χ3v) is 4.29. The molecule has 2 saturated heterocycles. The predicted octanol–water partition coefficient (Wildman–Crippen LogP) is 0.299. The van der Waals surface area contributed by atoms with Crippen molar-refractivity contribution in [2.24, 2.45) is 11.3 Å². The van der Waals surface area contributed by atoms with Crippen molar-refractivity contribution in [3.63, 3.8) is 0 Å². The zero-order chi connectivity index (χ0) is 12.5. The fourth-order valence-corrected chi connectivity index (χ4v) is 3.13. The second-order valence-electron chi connectivity index (χ2n) is 4.69. The number of rotatable bonds is 3. The van der Waals surface area contributed by atoms with Gasteiger partial charge in [0.05, 0.1) is 17.8 Å². The molecule has 0 aliphatic carbocycles. The van der Waals surface area contributed by atoms with Crippen LogP contribution in [-0.4, -0.2) is 60.2 Å². The van der Waals surface area contributed by atoms with Crippen LogP contribution in [0.3, 0.4) is 0 Å². The van der Waals surface area contributed by atoms with Crippen LogP contribution < -0.4 is 0 Å². The highest BCUT2D eigenvalue weighted by atomic mass is 32.2. The Balaban J connectivity index is 2.14. The molecule has 0 aromatic rings. The maximum Gasteiger partial charge on any atom is 0.311 e. The Morgan fingerprint density at radius 3 is 2.94 bits per heavy atom. The van der Waals surface area contributed by atoms with Crippen LogP contribution in [-0.2, 0) is 14.3 Å². The average molecular weight is 259 g/mol. The molecule has 0 aromatic carbocycles. The molecule has 0 radical (unpaired) electrons. The van der Waals surface area contributed by atoms with E-state index in [1.54, 1.807) is 4.90 Å². The average Bonchev–Trinajstić information content (AvgIpc) is 2.70. The molecule has 2 aliphatic heterocycles. The first-order valence-electron chi connectivity index (χ1n) is 5.68. The topological polar surface area (TPSA) is 66.8 Å². The number of ether oxygens (including phenoxy) is 1. The molecule has 17 heavy (non-hydrogen) atoms. The van der Waals surface area contributed by atoms with E-state index in [9.17, 15) is 14.7 Å². The van der Waals surface area contributed by atoms with Crippen LogP contribution in [0.2, 0.25) is 0 Å². The molecule has 2 rings (SSSR count). The number of likely N-dealkylation sites (tertiary alicyclic amines) is 1. The summed E-state index contributed by atoms with van der Waals surface area (Å²) in [6, 6.07) is 0. The van der Waals surface area contributed by atoms with Gasteiger partial charge in [-0.1, -0.05) is 0 Å². The van der Waals surface area contributed by atoms with Crippen molar-refractivity contribution < 1.29 is 19.4 Å². The molecule has 0 unspecified atom stereocenters. The molecule has 0 saturated carbocycles. The van der Waals surface area contributed by atoms with Gasteiger partial charge < -0.3 is 14.7 Å². The number of aliphatic carboxylic acids is 1. The van der Waals surface area contributed by atoms with E-state index in [0.717, 1.165) is 0 Å². The van der Waals surface area contributed by atoms with Crippen molar-refractivity contribution >= 4 is 23.6 Å². The normalized spacial score (nSPS) is 32.3. The number of carbonyl (C=O) groups is 2. The van der Waals surface area contributed by atoms with Gasteiger partial charge >= 0.3 is 5.97 Å². The molecule has 1 amide bonds. The summed E-state index contributed by atoms with van der Waals surface area (Å²) in [5.74, 6) is -0.388. The number of fused-ring (bicyclic) bond motifs is 1. The van der Waals surface area contributed by atoms with Crippen LogP contribution in [0.1, 0.15) is 6.42 Å². The quantitative estimate of drug-likeness (QED) is 0.789. The summed E-state index contributed by atoms with van der Waals surface area (Å²) in [5.41, 5.74) is -0.772. The molecule has 0 aromatic heterocycles. The zero-order valence-electron chi connectivity index (χ0n) is 9.85. The predicted molar refractivity (Wildman–Crippen MR) is 64.0 cm³/mol. The molecule has 2 heterocycles. The first kappa shape index (κ1) is 12.7. The van der Waals surface area contributed by atoms with Gasteiger partial charge in [-0.15, -0.1) is 0 Å². The molecule has 2 atom stereocenters. The summed E-state index contributed by atoms with van der Waals surface area (Å²) < 4.78 is 5.34. The standard InChI is InChI=1S/C11H17NO4S/c1-17-6-9(13)12-4-8-5-16-3-2-11(8,7-12)10(14)15/h8H,2-7H2,1H3,(H,14,15)/t8-,11+/m0/s1. The van der Waals surface area contributed by atoms with Gasteiger partial charge in [0, 0.05) is 25.6 Å². The first-order valence-corrected chi connectivity index (χ1v) is 7.07. The minimum atomic E-state index is -0.787. The summed E-state index contributed by atoms with van der Waals surface area (Å²) >= 11 is 1.47. The highest BCUT2D eigenvalue weighted by Crippen LogP contribution is 2.42. The minimum Gasteiger partial charge on any atom is -0.481 e. The molecule has 2 fully saturated rings. The number of carboxylic acid groups (broad SMARTS) is 1. The third kappa shape index (κ3) is 2.15. The fraction of sp³-hybridized carbons (Fsp3) is 0.818. The molecule has 96 valence electrons. The summed E-state index contributed by atoms with van der Waals surface area (Å²) in [6.07, 6.45) is 2.38. The maximum atomic E-state index is 11.8. The smallest absolute Gasteiger partial charge is 0.311 e. The number of hydrogen-bond acceptors (Lipinski definition) is 4. The van der Waals surface area contributed by atoms with Crippen LogP contribution in [0.4, 0.5) is 0 Å². The van der Waals surface area contributed by atoms with Crippen molar-refractivity contribution in [1.82, 2.24) is 4.90 Å². The molecular formula is C11H17NO4S. The molecule has 2 aliphatic rings. The summed E-state index contributed by atoms with van der Waals surface area (Å²) in [5, 5.41) is 9.43. The number of nitrogens with zero attached hydrogens (tertiary/aromatic N) is 1. The Bertz CT molecular complexity index is 335. The first-order chi connectivity index (χ1) is 8.10. The van der Waals surface area contributed by atoms with Gasteiger partial charge in [0.15, 0.2) is 0 Å².